The van der Waals surface area contributed by atoms with E-state index in [-0.39, 0.29) is 5.91 Å². The fourth-order valence-electron chi connectivity index (χ4n) is 3.72. The molecule has 2 fully saturated rings. The SMILES string of the molecule is O=C(c1ccccn1)N1CCC(Cc2ccc(COCC3CC3)cc2)CC1. The van der Waals surface area contributed by atoms with Crippen molar-refractivity contribution >= 4 is 5.91 Å². The van der Waals surface area contributed by atoms with Crippen LogP contribution in [0, 0.1) is 11.8 Å². The number of rotatable bonds is 7. The Morgan fingerprint density at radius 3 is 2.37 bits per heavy atom. The first kappa shape index (κ1) is 18.2. The van der Waals surface area contributed by atoms with Gasteiger partial charge in [-0.2, -0.15) is 0 Å². The summed E-state index contributed by atoms with van der Waals surface area (Å²) in [5.41, 5.74) is 3.20. The van der Waals surface area contributed by atoms with Crippen LogP contribution in [-0.2, 0) is 17.8 Å². The molecule has 0 bridgehead atoms. The van der Waals surface area contributed by atoms with Crippen molar-refractivity contribution in [2.45, 2.75) is 38.7 Å². The number of aromatic nitrogens is 1. The number of likely N-dealkylation sites (tertiary alicyclic amines) is 1. The molecular formula is C23H28N2O2. The van der Waals surface area contributed by atoms with Crippen LogP contribution in [0.15, 0.2) is 48.7 Å². The first-order valence-electron chi connectivity index (χ1n) is 10.1. The molecule has 1 amide bonds. The summed E-state index contributed by atoms with van der Waals surface area (Å²) in [6, 6.07) is 14.4. The summed E-state index contributed by atoms with van der Waals surface area (Å²) >= 11 is 0. The van der Waals surface area contributed by atoms with Gasteiger partial charge in [0.2, 0.25) is 0 Å². The number of pyridine rings is 1. The molecule has 2 heterocycles. The zero-order valence-electron chi connectivity index (χ0n) is 15.8. The number of amides is 1. The van der Waals surface area contributed by atoms with Crippen LogP contribution in [0.2, 0.25) is 0 Å². The van der Waals surface area contributed by atoms with Crippen LogP contribution in [0.4, 0.5) is 0 Å². The van der Waals surface area contributed by atoms with E-state index in [0.717, 1.165) is 51.5 Å². The Hall–Kier alpha value is -2.20. The number of piperidine rings is 1. The number of benzene rings is 1. The smallest absolute Gasteiger partial charge is 0.272 e. The van der Waals surface area contributed by atoms with Crippen molar-refractivity contribution in [2.75, 3.05) is 19.7 Å². The summed E-state index contributed by atoms with van der Waals surface area (Å²) in [6.45, 7) is 3.29. The second kappa shape index (κ2) is 8.66. The molecule has 1 aromatic carbocycles. The van der Waals surface area contributed by atoms with Crippen LogP contribution >= 0.6 is 0 Å². The van der Waals surface area contributed by atoms with Crippen molar-refractivity contribution in [1.82, 2.24) is 9.88 Å². The minimum absolute atomic E-state index is 0.0598. The maximum absolute atomic E-state index is 12.5. The normalized spacial score (nSPS) is 17.9. The molecule has 4 nitrogen and oxygen atoms in total. The Morgan fingerprint density at radius 1 is 0.963 bits per heavy atom. The van der Waals surface area contributed by atoms with Crippen molar-refractivity contribution in [3.8, 4) is 0 Å². The summed E-state index contributed by atoms with van der Waals surface area (Å²) in [6.07, 6.45) is 7.57. The van der Waals surface area contributed by atoms with Crippen LogP contribution < -0.4 is 0 Å². The number of hydrogen-bond acceptors (Lipinski definition) is 3. The first-order chi connectivity index (χ1) is 13.3. The monoisotopic (exact) mass is 364 g/mol. The Labute approximate surface area is 161 Å². The molecule has 1 aliphatic heterocycles. The van der Waals surface area contributed by atoms with E-state index in [0.29, 0.717) is 11.6 Å². The molecule has 1 saturated heterocycles. The molecule has 1 saturated carbocycles. The lowest BCUT2D eigenvalue weighted by atomic mass is 9.90. The Kier molecular flexibility index (Phi) is 5.83. The molecule has 0 N–H and O–H groups in total. The van der Waals surface area contributed by atoms with Gasteiger partial charge in [0.1, 0.15) is 5.69 Å². The average Bonchev–Trinajstić information content (AvgIpc) is 3.54. The van der Waals surface area contributed by atoms with Gasteiger partial charge in [0, 0.05) is 25.9 Å². The zero-order chi connectivity index (χ0) is 18.5. The molecule has 0 unspecified atom stereocenters. The van der Waals surface area contributed by atoms with Crippen LogP contribution in [0.3, 0.4) is 0 Å². The molecule has 0 radical (unpaired) electrons. The molecule has 1 aliphatic carbocycles. The van der Waals surface area contributed by atoms with Gasteiger partial charge >= 0.3 is 0 Å². The molecule has 0 atom stereocenters. The molecule has 142 valence electrons. The minimum Gasteiger partial charge on any atom is -0.376 e. The standard InChI is InChI=1S/C23H28N2O2/c26-23(22-3-1-2-12-24-22)25-13-10-19(11-14-25)15-18-4-6-20(7-5-18)16-27-17-21-8-9-21/h1-7,12,19,21H,8-11,13-17H2. The third kappa shape index (κ3) is 5.16. The average molecular weight is 364 g/mol. The van der Waals surface area contributed by atoms with E-state index < -0.39 is 0 Å². The van der Waals surface area contributed by atoms with E-state index in [2.05, 4.69) is 29.2 Å². The first-order valence-corrected chi connectivity index (χ1v) is 10.1. The molecule has 2 aliphatic rings. The van der Waals surface area contributed by atoms with Gasteiger partial charge in [-0.15, -0.1) is 0 Å². The van der Waals surface area contributed by atoms with Crippen molar-refractivity contribution < 1.29 is 9.53 Å². The molecule has 4 heteroatoms. The van der Waals surface area contributed by atoms with Crippen molar-refractivity contribution in [3.05, 3.63) is 65.5 Å². The van der Waals surface area contributed by atoms with Gasteiger partial charge in [0.05, 0.1) is 6.61 Å². The highest BCUT2D eigenvalue weighted by Gasteiger charge is 2.24. The quantitative estimate of drug-likeness (QED) is 0.743. The largest absolute Gasteiger partial charge is 0.376 e. The topological polar surface area (TPSA) is 42.4 Å². The van der Waals surface area contributed by atoms with Gasteiger partial charge < -0.3 is 9.64 Å². The molecule has 1 aromatic heterocycles. The maximum Gasteiger partial charge on any atom is 0.272 e. The third-order valence-corrected chi connectivity index (χ3v) is 5.65. The third-order valence-electron chi connectivity index (χ3n) is 5.65. The minimum atomic E-state index is 0.0598. The van der Waals surface area contributed by atoms with Gasteiger partial charge in [0.25, 0.3) is 5.91 Å². The Bertz CT molecular complexity index is 733. The predicted octanol–water partition coefficient (Wildman–Crippen LogP) is 4.10. The molecule has 2 aromatic rings. The van der Waals surface area contributed by atoms with Gasteiger partial charge in [-0.3, -0.25) is 9.78 Å². The highest BCUT2D eigenvalue weighted by atomic mass is 16.5. The lowest BCUT2D eigenvalue weighted by Crippen LogP contribution is -2.39. The second-order valence-electron chi connectivity index (χ2n) is 7.93. The highest BCUT2D eigenvalue weighted by molar-refractivity contribution is 5.92. The van der Waals surface area contributed by atoms with Crippen LogP contribution in [0.1, 0.15) is 47.3 Å². The number of carbonyl (C=O) groups is 1. The van der Waals surface area contributed by atoms with Crippen molar-refractivity contribution in [3.63, 3.8) is 0 Å². The zero-order valence-corrected chi connectivity index (χ0v) is 15.8. The fraction of sp³-hybridized carbons (Fsp3) is 0.478. The predicted molar refractivity (Wildman–Crippen MR) is 105 cm³/mol. The summed E-state index contributed by atoms with van der Waals surface area (Å²) in [7, 11) is 0. The van der Waals surface area contributed by atoms with Crippen LogP contribution in [0.25, 0.3) is 0 Å². The van der Waals surface area contributed by atoms with E-state index >= 15 is 0 Å². The number of nitrogens with zero attached hydrogens (tertiary/aromatic N) is 2. The number of hydrogen-bond donors (Lipinski definition) is 0. The fourth-order valence-corrected chi connectivity index (χ4v) is 3.72. The van der Waals surface area contributed by atoms with Crippen molar-refractivity contribution in [2.24, 2.45) is 11.8 Å². The summed E-state index contributed by atoms with van der Waals surface area (Å²) in [4.78, 5) is 18.6. The van der Waals surface area contributed by atoms with Gasteiger partial charge in [0.15, 0.2) is 0 Å². The maximum atomic E-state index is 12.5. The number of ether oxygens (including phenoxy) is 1. The second-order valence-corrected chi connectivity index (χ2v) is 7.93. The van der Waals surface area contributed by atoms with E-state index in [1.165, 1.54) is 24.0 Å². The highest BCUT2D eigenvalue weighted by Crippen LogP contribution is 2.29. The lowest BCUT2D eigenvalue weighted by molar-refractivity contribution is 0.0684. The Morgan fingerprint density at radius 2 is 1.70 bits per heavy atom. The van der Waals surface area contributed by atoms with Gasteiger partial charge in [-0.05, 0) is 67.2 Å². The molecule has 27 heavy (non-hydrogen) atoms. The molecular weight excluding hydrogens is 336 g/mol. The van der Waals surface area contributed by atoms with Gasteiger partial charge in [-0.1, -0.05) is 30.3 Å². The van der Waals surface area contributed by atoms with Crippen LogP contribution in [-0.4, -0.2) is 35.5 Å². The van der Waals surface area contributed by atoms with E-state index in [9.17, 15) is 4.79 Å². The molecule has 0 spiro atoms. The van der Waals surface area contributed by atoms with Crippen molar-refractivity contribution in [1.29, 1.82) is 0 Å². The summed E-state index contributed by atoms with van der Waals surface area (Å²) in [5.74, 6) is 1.53. The summed E-state index contributed by atoms with van der Waals surface area (Å²) in [5, 5.41) is 0. The van der Waals surface area contributed by atoms with Crippen LogP contribution in [0.5, 0.6) is 0 Å². The van der Waals surface area contributed by atoms with E-state index in [4.69, 9.17) is 4.74 Å². The van der Waals surface area contributed by atoms with Gasteiger partial charge in [-0.25, -0.2) is 0 Å². The number of carbonyl (C=O) groups excluding carboxylic acids is 1. The molecule has 4 rings (SSSR count). The lowest BCUT2D eigenvalue weighted by Gasteiger charge is -2.32. The Balaban J connectivity index is 1.22. The van der Waals surface area contributed by atoms with E-state index in [1.54, 1.807) is 12.3 Å². The summed E-state index contributed by atoms with van der Waals surface area (Å²) < 4.78 is 5.76. The van der Waals surface area contributed by atoms with E-state index in [1.807, 2.05) is 17.0 Å².